The summed E-state index contributed by atoms with van der Waals surface area (Å²) in [5.41, 5.74) is 5.83. The van der Waals surface area contributed by atoms with E-state index < -0.39 is 0 Å². The molecule has 0 aliphatic carbocycles. The predicted octanol–water partition coefficient (Wildman–Crippen LogP) is 1.60. The number of rotatable bonds is 5. The summed E-state index contributed by atoms with van der Waals surface area (Å²) in [5, 5.41) is 6.90. The predicted molar refractivity (Wildman–Crippen MR) is 79.1 cm³/mol. The molecule has 20 heavy (non-hydrogen) atoms. The second kappa shape index (κ2) is 5.57. The van der Waals surface area contributed by atoms with Crippen LogP contribution in [0.1, 0.15) is 42.3 Å². The first-order chi connectivity index (χ1) is 9.67. The molecule has 0 aromatic carbocycles. The van der Waals surface area contributed by atoms with Crippen LogP contribution in [0.2, 0.25) is 0 Å². The molecule has 2 bridgehead atoms. The molecule has 2 aliphatic rings. The van der Waals surface area contributed by atoms with Crippen molar-refractivity contribution < 1.29 is 9.53 Å². The molecule has 6 nitrogen and oxygen atoms in total. The standard InChI is InChI=1S/C13H20N4O2S/c1-2-5-15-13-17-11(14)10(20-13)12(18)16-8-6-7-3-4-9(8)19-7/h7-9H,2-6,14H2,1H3,(H,15,17)(H,16,18). The topological polar surface area (TPSA) is 89.3 Å². The molecule has 3 unspecified atom stereocenters. The number of amides is 1. The van der Waals surface area contributed by atoms with Crippen LogP contribution in [0.15, 0.2) is 0 Å². The van der Waals surface area contributed by atoms with Crippen LogP contribution in [0.25, 0.3) is 0 Å². The van der Waals surface area contributed by atoms with Gasteiger partial charge in [0.05, 0.1) is 18.2 Å². The molecule has 3 atom stereocenters. The van der Waals surface area contributed by atoms with Crippen molar-refractivity contribution in [3.63, 3.8) is 0 Å². The number of anilines is 2. The van der Waals surface area contributed by atoms with Crippen LogP contribution < -0.4 is 16.4 Å². The molecule has 110 valence electrons. The van der Waals surface area contributed by atoms with Crippen LogP contribution in [0.4, 0.5) is 10.9 Å². The lowest BCUT2D eigenvalue weighted by molar-refractivity contribution is 0.0844. The maximum Gasteiger partial charge on any atom is 0.265 e. The summed E-state index contributed by atoms with van der Waals surface area (Å²) in [7, 11) is 0. The number of nitrogens with two attached hydrogens (primary N) is 1. The first-order valence-corrected chi connectivity index (χ1v) is 7.95. The maximum absolute atomic E-state index is 12.3. The number of thiazole rings is 1. The molecule has 0 radical (unpaired) electrons. The largest absolute Gasteiger partial charge is 0.382 e. The average Bonchev–Trinajstić information content (AvgIpc) is 3.11. The highest BCUT2D eigenvalue weighted by molar-refractivity contribution is 7.18. The summed E-state index contributed by atoms with van der Waals surface area (Å²) in [6, 6.07) is 0.120. The fourth-order valence-electron chi connectivity index (χ4n) is 2.83. The second-order valence-corrected chi connectivity index (χ2v) is 6.35. The van der Waals surface area contributed by atoms with Gasteiger partial charge in [0.15, 0.2) is 5.13 Å². The maximum atomic E-state index is 12.3. The van der Waals surface area contributed by atoms with E-state index in [0.29, 0.717) is 21.9 Å². The van der Waals surface area contributed by atoms with Gasteiger partial charge in [-0.25, -0.2) is 4.98 Å². The fourth-order valence-corrected chi connectivity index (χ4v) is 3.64. The van der Waals surface area contributed by atoms with Crippen molar-refractivity contribution in [2.75, 3.05) is 17.6 Å². The van der Waals surface area contributed by atoms with Gasteiger partial charge in [-0.3, -0.25) is 4.79 Å². The highest BCUT2D eigenvalue weighted by atomic mass is 32.1. The Bertz CT molecular complexity index is 505. The summed E-state index contributed by atoms with van der Waals surface area (Å²) in [6.45, 7) is 2.90. The van der Waals surface area contributed by atoms with E-state index >= 15 is 0 Å². The van der Waals surface area contributed by atoms with Crippen LogP contribution in [0, 0.1) is 0 Å². The van der Waals surface area contributed by atoms with Gasteiger partial charge in [0, 0.05) is 6.54 Å². The average molecular weight is 296 g/mol. The zero-order valence-electron chi connectivity index (χ0n) is 11.5. The molecular weight excluding hydrogens is 276 g/mol. The minimum Gasteiger partial charge on any atom is -0.382 e. The van der Waals surface area contributed by atoms with E-state index in [4.69, 9.17) is 10.5 Å². The van der Waals surface area contributed by atoms with Crippen LogP contribution in [0.5, 0.6) is 0 Å². The minimum absolute atomic E-state index is 0.120. The second-order valence-electron chi connectivity index (χ2n) is 5.35. The van der Waals surface area contributed by atoms with Crippen molar-refractivity contribution in [3.05, 3.63) is 4.88 Å². The molecule has 7 heteroatoms. The van der Waals surface area contributed by atoms with E-state index in [0.717, 1.165) is 32.2 Å². The molecule has 3 heterocycles. The first kappa shape index (κ1) is 13.6. The molecule has 2 aliphatic heterocycles. The van der Waals surface area contributed by atoms with E-state index in [9.17, 15) is 4.79 Å². The number of fused-ring (bicyclic) bond motifs is 2. The summed E-state index contributed by atoms with van der Waals surface area (Å²) < 4.78 is 5.74. The Morgan fingerprint density at radius 1 is 1.55 bits per heavy atom. The molecule has 2 saturated heterocycles. The highest BCUT2D eigenvalue weighted by Crippen LogP contribution is 2.35. The third kappa shape index (κ3) is 2.60. The van der Waals surface area contributed by atoms with Crippen molar-refractivity contribution in [2.24, 2.45) is 0 Å². The van der Waals surface area contributed by atoms with Crippen LogP contribution in [-0.4, -0.2) is 35.7 Å². The molecule has 0 saturated carbocycles. The molecule has 2 fully saturated rings. The fraction of sp³-hybridized carbons (Fsp3) is 0.692. The molecule has 3 rings (SSSR count). The van der Waals surface area contributed by atoms with Crippen molar-refractivity contribution >= 4 is 28.2 Å². The van der Waals surface area contributed by atoms with Crippen molar-refractivity contribution in [3.8, 4) is 0 Å². The summed E-state index contributed by atoms with van der Waals surface area (Å²) in [6.07, 6.45) is 4.57. The zero-order chi connectivity index (χ0) is 14.1. The molecular formula is C13H20N4O2S. The van der Waals surface area contributed by atoms with Crippen LogP contribution in [-0.2, 0) is 4.74 Å². The van der Waals surface area contributed by atoms with E-state index in [1.54, 1.807) is 0 Å². The van der Waals surface area contributed by atoms with E-state index in [2.05, 4.69) is 22.5 Å². The van der Waals surface area contributed by atoms with Gasteiger partial charge in [-0.2, -0.15) is 0 Å². The van der Waals surface area contributed by atoms with Gasteiger partial charge in [-0.15, -0.1) is 0 Å². The number of nitrogens with zero attached hydrogens (tertiary/aromatic N) is 1. The quantitative estimate of drug-likeness (QED) is 0.768. The third-order valence-electron chi connectivity index (χ3n) is 3.81. The van der Waals surface area contributed by atoms with Crippen molar-refractivity contribution in [1.29, 1.82) is 0 Å². The van der Waals surface area contributed by atoms with Crippen molar-refractivity contribution in [2.45, 2.75) is 50.9 Å². The first-order valence-electron chi connectivity index (χ1n) is 7.14. The number of carbonyl (C=O) groups is 1. The van der Waals surface area contributed by atoms with Crippen molar-refractivity contribution in [1.82, 2.24) is 10.3 Å². The molecule has 1 amide bonds. The molecule has 4 N–H and O–H groups in total. The van der Waals surface area contributed by atoms with Gasteiger partial charge < -0.3 is 21.1 Å². The van der Waals surface area contributed by atoms with Gasteiger partial charge in [0.25, 0.3) is 5.91 Å². The van der Waals surface area contributed by atoms with E-state index in [1.807, 2.05) is 0 Å². The Hall–Kier alpha value is -1.34. The van der Waals surface area contributed by atoms with Gasteiger partial charge in [0.2, 0.25) is 0 Å². The SMILES string of the molecule is CCCNc1nc(N)c(C(=O)NC2CC3CCC2O3)s1. The number of ether oxygens (including phenoxy) is 1. The van der Waals surface area contributed by atoms with Crippen LogP contribution >= 0.6 is 11.3 Å². The third-order valence-corrected chi connectivity index (χ3v) is 4.84. The minimum atomic E-state index is -0.134. The number of hydrogen-bond acceptors (Lipinski definition) is 6. The Morgan fingerprint density at radius 2 is 2.40 bits per heavy atom. The molecule has 0 spiro atoms. The van der Waals surface area contributed by atoms with E-state index in [-0.39, 0.29) is 18.1 Å². The lowest BCUT2D eigenvalue weighted by Gasteiger charge is -2.19. The van der Waals surface area contributed by atoms with Gasteiger partial charge in [-0.1, -0.05) is 18.3 Å². The monoisotopic (exact) mass is 296 g/mol. The smallest absolute Gasteiger partial charge is 0.265 e. The van der Waals surface area contributed by atoms with Crippen LogP contribution in [0.3, 0.4) is 0 Å². The lowest BCUT2D eigenvalue weighted by Crippen LogP contribution is -2.41. The van der Waals surface area contributed by atoms with Gasteiger partial charge in [-0.05, 0) is 25.7 Å². The zero-order valence-corrected chi connectivity index (χ0v) is 12.3. The number of hydrogen-bond donors (Lipinski definition) is 3. The Morgan fingerprint density at radius 3 is 3.05 bits per heavy atom. The van der Waals surface area contributed by atoms with Gasteiger partial charge >= 0.3 is 0 Å². The molecule has 1 aromatic heterocycles. The summed E-state index contributed by atoms with van der Waals surface area (Å²) in [4.78, 5) is 17.0. The Kier molecular flexibility index (Phi) is 3.80. The Labute approximate surface area is 122 Å². The highest BCUT2D eigenvalue weighted by Gasteiger charge is 2.41. The summed E-state index contributed by atoms with van der Waals surface area (Å²) in [5.74, 6) is 0.167. The Balaban J connectivity index is 1.63. The lowest BCUT2D eigenvalue weighted by atomic mass is 9.95. The normalized spacial score (nSPS) is 27.8. The van der Waals surface area contributed by atoms with Gasteiger partial charge in [0.1, 0.15) is 10.7 Å². The number of nitrogens with one attached hydrogen (secondary N) is 2. The number of carbonyl (C=O) groups excluding carboxylic acids is 1. The number of aromatic nitrogens is 1. The number of nitrogen functional groups attached to an aromatic ring is 1. The summed E-state index contributed by atoms with van der Waals surface area (Å²) >= 11 is 1.31. The molecule has 1 aromatic rings. The van der Waals surface area contributed by atoms with E-state index in [1.165, 1.54) is 11.3 Å².